The lowest BCUT2D eigenvalue weighted by molar-refractivity contribution is -0.193. The van der Waals surface area contributed by atoms with E-state index in [2.05, 4.69) is 25.7 Å². The molecule has 0 saturated carbocycles. The smallest absolute Gasteiger partial charge is 0.397 e. The Hall–Kier alpha value is -1.64. The van der Waals surface area contributed by atoms with Gasteiger partial charge in [0.1, 0.15) is 5.56 Å². The number of pyridine rings is 1. The van der Waals surface area contributed by atoms with Crippen molar-refractivity contribution in [3.63, 3.8) is 0 Å². The van der Waals surface area contributed by atoms with Crippen LogP contribution in [0.2, 0.25) is 0 Å². The van der Waals surface area contributed by atoms with Gasteiger partial charge in [-0.25, -0.2) is 9.59 Å². The summed E-state index contributed by atoms with van der Waals surface area (Å²) in [6.07, 6.45) is -3.08. The van der Waals surface area contributed by atoms with E-state index in [9.17, 15) is 22.8 Å². The largest absolute Gasteiger partial charge is 0.491 e. The van der Waals surface area contributed by atoms with Crippen molar-refractivity contribution in [3.8, 4) is 0 Å². The van der Waals surface area contributed by atoms with Crippen LogP contribution < -0.4 is 5.73 Å². The van der Waals surface area contributed by atoms with Crippen molar-refractivity contribution in [2.24, 2.45) is 0 Å². The van der Waals surface area contributed by atoms with Crippen molar-refractivity contribution < 1.29 is 27.5 Å². The fourth-order valence-electron chi connectivity index (χ4n) is 0.858. The Balaban J connectivity index is 2.96. The van der Waals surface area contributed by atoms with E-state index in [1.807, 2.05) is 0 Å². The van der Waals surface area contributed by atoms with Gasteiger partial charge in [-0.15, -0.1) is 0 Å². The molecule has 2 N–H and O–H groups in total. The van der Waals surface area contributed by atoms with Crippen molar-refractivity contribution in [3.05, 3.63) is 22.4 Å². The van der Waals surface area contributed by atoms with Gasteiger partial charge in [0, 0.05) is 6.20 Å². The van der Waals surface area contributed by atoms with E-state index >= 15 is 0 Å². The topological polar surface area (TPSA) is 82.3 Å². The molecule has 1 rings (SSSR count). The molecule has 0 aliphatic carbocycles. The Morgan fingerprint density at radius 1 is 1.35 bits per heavy atom. The molecular formula is C8H4BrF3N2O3. The number of alkyl halides is 3. The van der Waals surface area contributed by atoms with E-state index in [0.717, 1.165) is 12.4 Å². The van der Waals surface area contributed by atoms with Gasteiger partial charge >= 0.3 is 18.1 Å². The summed E-state index contributed by atoms with van der Waals surface area (Å²) in [5.74, 6) is -4.11. The van der Waals surface area contributed by atoms with E-state index in [1.165, 1.54) is 0 Å². The molecule has 9 heteroatoms. The number of halogens is 4. The van der Waals surface area contributed by atoms with Crippen LogP contribution in [0.3, 0.4) is 0 Å². The lowest BCUT2D eigenvalue weighted by Crippen LogP contribution is -2.28. The molecule has 0 fully saturated rings. The number of carbonyl (C=O) groups excluding carboxylic acids is 2. The maximum absolute atomic E-state index is 11.8. The van der Waals surface area contributed by atoms with Gasteiger partial charge in [-0.1, -0.05) is 0 Å². The minimum atomic E-state index is -5.25. The summed E-state index contributed by atoms with van der Waals surface area (Å²) in [6.45, 7) is 0. The third-order valence-corrected chi connectivity index (χ3v) is 2.15. The average Bonchev–Trinajstić information content (AvgIpc) is 2.15. The van der Waals surface area contributed by atoms with Crippen LogP contribution in [0, 0.1) is 0 Å². The third-order valence-electron chi connectivity index (χ3n) is 1.55. The Morgan fingerprint density at radius 2 is 1.94 bits per heavy atom. The summed E-state index contributed by atoms with van der Waals surface area (Å²) in [4.78, 5) is 25.3. The van der Waals surface area contributed by atoms with Gasteiger partial charge in [-0.3, -0.25) is 4.98 Å². The number of nitrogen functional groups attached to an aromatic ring is 1. The summed E-state index contributed by atoms with van der Waals surface area (Å²) in [5, 5.41) is 0. The van der Waals surface area contributed by atoms with Gasteiger partial charge < -0.3 is 10.5 Å². The SMILES string of the molecule is Nc1cncc(Br)c1C(=O)OC(=O)C(F)(F)F. The second kappa shape index (κ2) is 4.70. The molecule has 0 amide bonds. The van der Waals surface area contributed by atoms with E-state index in [-0.39, 0.29) is 10.2 Å². The van der Waals surface area contributed by atoms with Crippen LogP contribution >= 0.6 is 15.9 Å². The second-order valence-electron chi connectivity index (χ2n) is 2.76. The number of aromatic nitrogens is 1. The van der Waals surface area contributed by atoms with E-state index in [0.29, 0.717) is 0 Å². The Kier molecular flexibility index (Phi) is 3.71. The molecule has 5 nitrogen and oxygen atoms in total. The standard InChI is InChI=1S/C8H4BrF3N2O3/c9-3-1-14-2-4(13)5(3)6(15)17-7(16)8(10,11)12/h1-2H,13H2. The third kappa shape index (κ3) is 3.16. The Labute approximate surface area is 101 Å². The molecule has 1 heterocycles. The Morgan fingerprint density at radius 3 is 2.41 bits per heavy atom. The molecule has 0 aliphatic rings. The first-order valence-corrected chi connectivity index (χ1v) is 4.75. The van der Waals surface area contributed by atoms with E-state index in [4.69, 9.17) is 5.73 Å². The molecule has 17 heavy (non-hydrogen) atoms. The highest BCUT2D eigenvalue weighted by Gasteiger charge is 2.43. The van der Waals surface area contributed by atoms with Crippen LogP contribution in [0.1, 0.15) is 10.4 Å². The molecule has 0 aliphatic heterocycles. The molecule has 0 spiro atoms. The van der Waals surface area contributed by atoms with Crippen LogP contribution in [0.4, 0.5) is 18.9 Å². The molecule has 0 unspecified atom stereocenters. The highest BCUT2D eigenvalue weighted by atomic mass is 79.9. The number of nitrogens with two attached hydrogens (primary N) is 1. The first-order valence-electron chi connectivity index (χ1n) is 3.95. The summed E-state index contributed by atoms with van der Waals surface area (Å²) in [6, 6.07) is 0. The van der Waals surface area contributed by atoms with Crippen molar-refractivity contribution in [2.45, 2.75) is 6.18 Å². The lowest BCUT2D eigenvalue weighted by atomic mass is 10.2. The summed E-state index contributed by atoms with van der Waals surface area (Å²) < 4.78 is 39.2. The lowest BCUT2D eigenvalue weighted by Gasteiger charge is -2.08. The zero-order valence-electron chi connectivity index (χ0n) is 7.92. The van der Waals surface area contributed by atoms with Gasteiger partial charge in [-0.2, -0.15) is 13.2 Å². The van der Waals surface area contributed by atoms with Crippen LogP contribution in [0.15, 0.2) is 16.9 Å². The predicted octanol–water partition coefficient (Wildman–Crippen LogP) is 1.67. The molecule has 0 aromatic carbocycles. The van der Waals surface area contributed by atoms with Crippen LogP contribution in [-0.4, -0.2) is 23.1 Å². The monoisotopic (exact) mass is 312 g/mol. The number of esters is 2. The number of anilines is 1. The van der Waals surface area contributed by atoms with E-state index in [1.54, 1.807) is 0 Å². The Bertz CT molecular complexity index is 455. The van der Waals surface area contributed by atoms with Crippen LogP contribution in [0.5, 0.6) is 0 Å². The molecule has 1 aromatic rings. The first-order chi connectivity index (χ1) is 7.73. The van der Waals surface area contributed by atoms with Crippen molar-refractivity contribution >= 4 is 33.6 Å². The first kappa shape index (κ1) is 13.4. The fraction of sp³-hybridized carbons (Fsp3) is 0.125. The maximum Gasteiger partial charge on any atom is 0.491 e. The summed E-state index contributed by atoms with van der Waals surface area (Å²) >= 11 is 2.85. The van der Waals surface area contributed by atoms with Gasteiger partial charge in [-0.05, 0) is 15.9 Å². The van der Waals surface area contributed by atoms with Gasteiger partial charge in [0.05, 0.1) is 16.4 Å². The fourth-order valence-corrected chi connectivity index (χ4v) is 1.37. The molecule has 0 radical (unpaired) electrons. The summed E-state index contributed by atoms with van der Waals surface area (Å²) in [7, 11) is 0. The number of carbonyl (C=O) groups is 2. The van der Waals surface area contributed by atoms with Crippen molar-refractivity contribution in [1.29, 1.82) is 0 Å². The maximum atomic E-state index is 11.8. The molecule has 0 bridgehead atoms. The highest BCUT2D eigenvalue weighted by molar-refractivity contribution is 9.10. The van der Waals surface area contributed by atoms with Crippen LogP contribution in [0.25, 0.3) is 0 Å². The van der Waals surface area contributed by atoms with Crippen molar-refractivity contribution in [2.75, 3.05) is 5.73 Å². The molecule has 0 atom stereocenters. The van der Waals surface area contributed by atoms with Crippen LogP contribution in [-0.2, 0) is 9.53 Å². The normalized spacial score (nSPS) is 11.1. The molecule has 1 aromatic heterocycles. The number of ether oxygens (including phenoxy) is 1. The van der Waals surface area contributed by atoms with Gasteiger partial charge in [0.2, 0.25) is 0 Å². The highest BCUT2D eigenvalue weighted by Crippen LogP contribution is 2.24. The second-order valence-corrected chi connectivity index (χ2v) is 3.61. The average molecular weight is 313 g/mol. The predicted molar refractivity (Wildman–Crippen MR) is 52.8 cm³/mol. The zero-order valence-corrected chi connectivity index (χ0v) is 9.50. The minimum Gasteiger partial charge on any atom is -0.397 e. The summed E-state index contributed by atoms with van der Waals surface area (Å²) in [5.41, 5.74) is 4.72. The van der Waals surface area contributed by atoms with Gasteiger partial charge in [0.25, 0.3) is 0 Å². The number of hydrogen-bond donors (Lipinski definition) is 1. The quantitative estimate of drug-likeness (QED) is 0.630. The van der Waals surface area contributed by atoms with Crippen molar-refractivity contribution in [1.82, 2.24) is 4.98 Å². The molecule has 92 valence electrons. The minimum absolute atomic E-state index is 0.0254. The van der Waals surface area contributed by atoms with E-state index < -0.39 is 23.7 Å². The zero-order chi connectivity index (χ0) is 13.2. The molecular weight excluding hydrogens is 309 g/mol. The van der Waals surface area contributed by atoms with Gasteiger partial charge in [0.15, 0.2) is 0 Å². The number of nitrogens with zero attached hydrogens (tertiary/aromatic N) is 1. The number of rotatable bonds is 1. The number of hydrogen-bond acceptors (Lipinski definition) is 5. The molecule has 0 saturated heterocycles.